The van der Waals surface area contributed by atoms with Crippen LogP contribution in [0, 0.1) is 18.3 Å². The normalized spacial score (nSPS) is 22.5. The highest BCUT2D eigenvalue weighted by molar-refractivity contribution is 5.80. The first-order valence-corrected chi connectivity index (χ1v) is 9.15. The van der Waals surface area contributed by atoms with Gasteiger partial charge in [0.15, 0.2) is 5.66 Å². The molecule has 0 atom stereocenters. The van der Waals surface area contributed by atoms with Crippen LogP contribution in [-0.2, 0) is 14.3 Å². The van der Waals surface area contributed by atoms with Crippen molar-refractivity contribution in [2.75, 3.05) is 39.4 Å². The van der Waals surface area contributed by atoms with Crippen LogP contribution in [0.2, 0.25) is 0 Å². The summed E-state index contributed by atoms with van der Waals surface area (Å²) in [6.45, 7) is 3.94. The second-order valence-electron chi connectivity index (χ2n) is 6.98. The van der Waals surface area contributed by atoms with Crippen molar-refractivity contribution in [1.82, 2.24) is 9.80 Å². The van der Waals surface area contributed by atoms with Crippen LogP contribution in [0.15, 0.2) is 10.2 Å². The molecule has 0 aliphatic carbocycles. The molecule has 3 aliphatic heterocycles. The molecule has 0 aromatic heterocycles. The van der Waals surface area contributed by atoms with Gasteiger partial charge in [-0.2, -0.15) is 10.2 Å². The number of likely N-dealkylation sites (tertiary alicyclic amines) is 1. The van der Waals surface area contributed by atoms with Gasteiger partial charge in [0.1, 0.15) is 0 Å². The Hall–Kier alpha value is -1.94. The van der Waals surface area contributed by atoms with E-state index in [4.69, 9.17) is 11.2 Å². The number of terminal acetylenes is 1. The zero-order chi connectivity index (χ0) is 17.7. The van der Waals surface area contributed by atoms with Crippen molar-refractivity contribution in [2.45, 2.75) is 44.2 Å². The Morgan fingerprint density at radius 2 is 1.76 bits per heavy atom. The summed E-state index contributed by atoms with van der Waals surface area (Å²) in [6, 6.07) is 0. The average Bonchev–Trinajstić information content (AvgIpc) is 3.45. The smallest absolute Gasteiger partial charge is 0.225 e. The highest BCUT2D eigenvalue weighted by Crippen LogP contribution is 2.37. The van der Waals surface area contributed by atoms with Crippen molar-refractivity contribution in [3.63, 3.8) is 0 Å². The van der Waals surface area contributed by atoms with Gasteiger partial charge in [0.2, 0.25) is 11.8 Å². The van der Waals surface area contributed by atoms with Crippen LogP contribution in [0.1, 0.15) is 38.5 Å². The van der Waals surface area contributed by atoms with Crippen molar-refractivity contribution in [3.05, 3.63) is 0 Å². The lowest BCUT2D eigenvalue weighted by atomic mass is 9.94. The maximum absolute atomic E-state index is 12.5. The predicted octanol–water partition coefficient (Wildman–Crippen LogP) is 1.44. The largest absolute Gasteiger partial charge is 0.378 e. The molecule has 2 fully saturated rings. The number of hydrogen-bond donors (Lipinski definition) is 0. The van der Waals surface area contributed by atoms with E-state index in [2.05, 4.69) is 16.1 Å². The van der Waals surface area contributed by atoms with Crippen LogP contribution in [0.5, 0.6) is 0 Å². The van der Waals surface area contributed by atoms with Crippen LogP contribution in [0.25, 0.3) is 0 Å². The number of amides is 2. The van der Waals surface area contributed by atoms with Crippen LogP contribution in [0.3, 0.4) is 0 Å². The van der Waals surface area contributed by atoms with Crippen molar-refractivity contribution in [2.24, 2.45) is 16.1 Å². The average molecular weight is 346 g/mol. The molecule has 2 amide bonds. The zero-order valence-electron chi connectivity index (χ0n) is 14.7. The number of carbonyl (C=O) groups is 2. The number of piperidine rings is 1. The van der Waals surface area contributed by atoms with E-state index in [-0.39, 0.29) is 17.7 Å². The second kappa shape index (κ2) is 7.96. The highest BCUT2D eigenvalue weighted by atomic mass is 16.5. The Bertz CT molecular complexity index is 563. The molecule has 0 N–H and O–H groups in total. The minimum atomic E-state index is -0.396. The van der Waals surface area contributed by atoms with Crippen LogP contribution >= 0.6 is 0 Å². The second-order valence-corrected chi connectivity index (χ2v) is 6.98. The molecule has 136 valence electrons. The summed E-state index contributed by atoms with van der Waals surface area (Å²) in [5.41, 5.74) is -0.396. The molecule has 0 radical (unpaired) electrons. The summed E-state index contributed by atoms with van der Waals surface area (Å²) in [5.74, 6) is 2.99. The number of carbonyl (C=O) groups excluding carboxylic acids is 2. The molecule has 7 nitrogen and oxygen atoms in total. The Kier molecular flexibility index (Phi) is 5.69. The fourth-order valence-electron chi connectivity index (χ4n) is 3.55. The molecule has 0 spiro atoms. The fraction of sp³-hybridized carbons (Fsp3) is 0.778. The van der Waals surface area contributed by atoms with Gasteiger partial charge >= 0.3 is 0 Å². The van der Waals surface area contributed by atoms with E-state index in [0.717, 1.165) is 19.3 Å². The summed E-state index contributed by atoms with van der Waals surface area (Å²) in [7, 11) is 0. The highest BCUT2D eigenvalue weighted by Gasteiger charge is 2.40. The van der Waals surface area contributed by atoms with Gasteiger partial charge in [-0.1, -0.05) is 0 Å². The van der Waals surface area contributed by atoms with Gasteiger partial charge in [-0.15, -0.1) is 12.3 Å². The van der Waals surface area contributed by atoms with Gasteiger partial charge < -0.3 is 14.5 Å². The Morgan fingerprint density at radius 3 is 2.36 bits per heavy atom. The third-order valence-electron chi connectivity index (χ3n) is 5.31. The predicted molar refractivity (Wildman–Crippen MR) is 91.6 cm³/mol. The first kappa shape index (κ1) is 17.9. The van der Waals surface area contributed by atoms with Crippen molar-refractivity contribution < 1.29 is 14.3 Å². The van der Waals surface area contributed by atoms with Gasteiger partial charge in [-0.3, -0.25) is 9.59 Å². The van der Waals surface area contributed by atoms with Crippen molar-refractivity contribution in [1.29, 1.82) is 0 Å². The first-order chi connectivity index (χ1) is 12.1. The van der Waals surface area contributed by atoms with Crippen LogP contribution in [-0.4, -0.2) is 66.7 Å². The molecule has 2 saturated heterocycles. The SMILES string of the molecule is C#CCCC1(CCC(=O)N2CCC(C(=O)N3CCOCC3)CC2)N=N1. The molecule has 3 aliphatic rings. The summed E-state index contributed by atoms with van der Waals surface area (Å²) < 4.78 is 5.30. The number of ether oxygens (including phenoxy) is 1. The van der Waals surface area contributed by atoms with E-state index in [1.807, 2.05) is 9.80 Å². The van der Waals surface area contributed by atoms with Gasteiger partial charge in [0.05, 0.1) is 13.2 Å². The summed E-state index contributed by atoms with van der Waals surface area (Å²) in [4.78, 5) is 28.7. The van der Waals surface area contributed by atoms with E-state index in [1.54, 1.807) is 0 Å². The number of morpholine rings is 1. The third-order valence-corrected chi connectivity index (χ3v) is 5.31. The molecule has 0 aromatic rings. The molecule has 0 aromatic carbocycles. The quantitative estimate of drug-likeness (QED) is 0.683. The van der Waals surface area contributed by atoms with Gasteiger partial charge in [-0.25, -0.2) is 0 Å². The molecule has 7 heteroatoms. The topological polar surface area (TPSA) is 74.6 Å². The molecule has 25 heavy (non-hydrogen) atoms. The molecule has 0 unspecified atom stereocenters. The molecule has 3 heterocycles. The molecular weight excluding hydrogens is 320 g/mol. The lowest BCUT2D eigenvalue weighted by Crippen LogP contribution is -2.47. The van der Waals surface area contributed by atoms with Crippen molar-refractivity contribution in [3.8, 4) is 12.3 Å². The monoisotopic (exact) mass is 346 g/mol. The fourth-order valence-corrected chi connectivity index (χ4v) is 3.55. The third kappa shape index (κ3) is 4.57. The number of nitrogens with zero attached hydrogens (tertiary/aromatic N) is 4. The molecule has 0 bridgehead atoms. The zero-order valence-corrected chi connectivity index (χ0v) is 14.7. The van der Waals surface area contributed by atoms with Crippen LogP contribution < -0.4 is 0 Å². The Balaban J connectivity index is 1.39. The Morgan fingerprint density at radius 1 is 1.08 bits per heavy atom. The Labute approximate surface area is 148 Å². The van der Waals surface area contributed by atoms with Crippen molar-refractivity contribution >= 4 is 11.8 Å². The number of hydrogen-bond acceptors (Lipinski definition) is 5. The summed E-state index contributed by atoms with van der Waals surface area (Å²) in [5, 5.41) is 8.15. The lowest BCUT2D eigenvalue weighted by Gasteiger charge is -2.35. The standard InChI is InChI=1S/C18H26N4O3/c1-2-3-7-18(19-20-18)8-4-16(23)21-9-5-15(6-10-21)17(24)22-11-13-25-14-12-22/h1,15H,3-14H2. The van der Waals surface area contributed by atoms with E-state index >= 15 is 0 Å². The summed E-state index contributed by atoms with van der Waals surface area (Å²) in [6.07, 6.45) is 9.23. The molecule has 0 saturated carbocycles. The maximum Gasteiger partial charge on any atom is 0.225 e. The van der Waals surface area contributed by atoms with Gasteiger partial charge in [-0.05, 0) is 12.8 Å². The first-order valence-electron chi connectivity index (χ1n) is 9.15. The minimum Gasteiger partial charge on any atom is -0.378 e. The number of rotatable bonds is 6. The minimum absolute atomic E-state index is 0.0394. The van der Waals surface area contributed by atoms with E-state index < -0.39 is 5.66 Å². The molecule has 3 rings (SSSR count). The van der Waals surface area contributed by atoms with E-state index in [0.29, 0.717) is 58.7 Å². The molecular formula is C18H26N4O3. The van der Waals surface area contributed by atoms with Gasteiger partial charge in [0.25, 0.3) is 0 Å². The summed E-state index contributed by atoms with van der Waals surface area (Å²) >= 11 is 0. The van der Waals surface area contributed by atoms with Gasteiger partial charge in [0, 0.05) is 57.8 Å². The van der Waals surface area contributed by atoms with E-state index in [9.17, 15) is 9.59 Å². The van der Waals surface area contributed by atoms with Crippen LogP contribution in [0.4, 0.5) is 0 Å². The van der Waals surface area contributed by atoms with E-state index in [1.165, 1.54) is 0 Å². The maximum atomic E-state index is 12.5. The lowest BCUT2D eigenvalue weighted by molar-refractivity contribution is -0.143.